The van der Waals surface area contributed by atoms with Gasteiger partial charge in [0, 0.05) is 49.9 Å². The van der Waals surface area contributed by atoms with E-state index in [9.17, 15) is 4.79 Å². The highest BCUT2D eigenvalue weighted by atomic mass is 32.2. The lowest BCUT2D eigenvalue weighted by atomic mass is 9.87. The van der Waals surface area contributed by atoms with Crippen LogP contribution in [0.1, 0.15) is 46.9 Å². The lowest BCUT2D eigenvalue weighted by Gasteiger charge is -2.39. The Morgan fingerprint density at radius 3 is 2.44 bits per heavy atom. The van der Waals surface area contributed by atoms with Gasteiger partial charge in [-0.2, -0.15) is 0 Å². The second kappa shape index (κ2) is 14.5. The lowest BCUT2D eigenvalue weighted by Crippen LogP contribution is -2.39. The average Bonchev–Trinajstić information content (AvgIpc) is 2.96. The second-order valence-corrected chi connectivity index (χ2v) is 10.1. The monoisotopic (exact) mass is 545 g/mol. The highest BCUT2D eigenvalue weighted by Crippen LogP contribution is 2.41. The lowest BCUT2D eigenvalue weighted by molar-refractivity contribution is 0.0773. The number of allylic oxidation sites excluding steroid dienone is 3. The molecule has 1 aliphatic rings. The first-order valence-electron chi connectivity index (χ1n) is 13.1. The molecular weight excluding hydrogens is 506 g/mol. The van der Waals surface area contributed by atoms with E-state index in [0.717, 1.165) is 30.0 Å². The molecule has 7 heteroatoms. The normalized spacial score (nSPS) is 15.4. The van der Waals surface area contributed by atoms with Gasteiger partial charge >= 0.3 is 0 Å². The smallest absolute Gasteiger partial charge is 0.253 e. The van der Waals surface area contributed by atoms with Gasteiger partial charge in [-0.05, 0) is 85.3 Å². The summed E-state index contributed by atoms with van der Waals surface area (Å²) in [4.78, 5) is 17.2. The number of fused-ring (bicyclic) bond motifs is 1. The molecular formula is C32H39N3O3S. The summed E-state index contributed by atoms with van der Waals surface area (Å²) in [5.74, 6) is 4.01. The van der Waals surface area contributed by atoms with Gasteiger partial charge < -0.3 is 18.7 Å². The van der Waals surface area contributed by atoms with Crippen molar-refractivity contribution in [3.8, 4) is 23.8 Å². The molecule has 0 saturated carbocycles. The number of hydrogen-bond acceptors (Lipinski definition) is 6. The van der Waals surface area contributed by atoms with Crippen LogP contribution in [0.25, 0.3) is 0 Å². The summed E-state index contributed by atoms with van der Waals surface area (Å²) < 4.78 is 13.4. The van der Waals surface area contributed by atoms with Crippen molar-refractivity contribution < 1.29 is 14.3 Å². The molecule has 0 aromatic heterocycles. The van der Waals surface area contributed by atoms with E-state index in [-0.39, 0.29) is 11.9 Å². The number of carbonyl (C=O) groups is 1. The van der Waals surface area contributed by atoms with Gasteiger partial charge in [-0.1, -0.05) is 30.7 Å². The van der Waals surface area contributed by atoms with Crippen LogP contribution in [0.4, 0.5) is 0 Å². The molecule has 1 heterocycles. The number of nitrogens with zero attached hydrogens (tertiary/aromatic N) is 3. The zero-order valence-corrected chi connectivity index (χ0v) is 24.5. The number of ether oxygens (including phenoxy) is 2. The van der Waals surface area contributed by atoms with Crippen LogP contribution in [-0.2, 0) is 6.42 Å². The van der Waals surface area contributed by atoms with Gasteiger partial charge in [0.25, 0.3) is 5.91 Å². The number of terminal acetylenes is 1. The molecule has 6 nitrogen and oxygen atoms in total. The SMILES string of the molecule is C#C/C=C/SN(C)/C(=C\C=C)CN1CCc2cc(OC)c(OC)cc2C1c1ccc(C(=O)N(CC)CC)cc1. The Hall–Kier alpha value is -3.60. The first-order valence-corrected chi connectivity index (χ1v) is 14.0. The Morgan fingerprint density at radius 1 is 1.18 bits per heavy atom. The van der Waals surface area contributed by atoms with Crippen molar-refractivity contribution in [2.75, 3.05) is 47.4 Å². The van der Waals surface area contributed by atoms with E-state index in [4.69, 9.17) is 15.9 Å². The average molecular weight is 546 g/mol. The fourth-order valence-corrected chi connectivity index (χ4v) is 5.47. The first-order chi connectivity index (χ1) is 18.9. The molecule has 1 unspecified atom stereocenters. The maximum atomic E-state index is 13.0. The van der Waals surface area contributed by atoms with Crippen LogP contribution >= 0.6 is 11.9 Å². The summed E-state index contributed by atoms with van der Waals surface area (Å²) in [6, 6.07) is 12.2. The maximum Gasteiger partial charge on any atom is 0.253 e. The van der Waals surface area contributed by atoms with Crippen LogP contribution < -0.4 is 9.47 Å². The van der Waals surface area contributed by atoms with E-state index in [1.165, 1.54) is 23.1 Å². The van der Waals surface area contributed by atoms with Crippen molar-refractivity contribution in [1.29, 1.82) is 0 Å². The van der Waals surface area contributed by atoms with Gasteiger partial charge in [0.2, 0.25) is 0 Å². The fourth-order valence-electron chi connectivity index (χ4n) is 4.89. The van der Waals surface area contributed by atoms with Crippen LogP contribution in [0.5, 0.6) is 11.5 Å². The summed E-state index contributed by atoms with van der Waals surface area (Å²) in [5, 5.41) is 1.89. The zero-order valence-electron chi connectivity index (χ0n) is 23.6. The minimum atomic E-state index is -0.0426. The van der Waals surface area contributed by atoms with Crippen molar-refractivity contribution in [2.24, 2.45) is 0 Å². The molecule has 2 aromatic carbocycles. The second-order valence-electron chi connectivity index (χ2n) is 9.09. The van der Waals surface area contributed by atoms with Gasteiger partial charge in [0.1, 0.15) is 0 Å². The first kappa shape index (κ1) is 29.9. The highest BCUT2D eigenvalue weighted by Gasteiger charge is 2.31. The Morgan fingerprint density at radius 2 is 1.85 bits per heavy atom. The molecule has 0 fully saturated rings. The minimum Gasteiger partial charge on any atom is -0.493 e. The van der Waals surface area contributed by atoms with Crippen LogP contribution in [0, 0.1) is 12.3 Å². The van der Waals surface area contributed by atoms with Crippen LogP contribution in [-0.4, -0.2) is 67.5 Å². The fraction of sp³-hybridized carbons (Fsp3) is 0.344. The standard InChI is InChI=1S/C32H39N3O3S/c1-8-12-20-39-33(5)27(13-9-2)23-35-19-18-26-21-29(37-6)30(38-7)22-28(26)31(35)24-14-16-25(17-15-24)32(36)34(10-3)11-4/h1,9,12-17,20-22,31H,2,10-11,18-19,23H2,3-7H3/b20-12+,27-13-. The predicted molar refractivity (Wildman–Crippen MR) is 162 cm³/mol. The third-order valence-electron chi connectivity index (χ3n) is 6.96. The summed E-state index contributed by atoms with van der Waals surface area (Å²) in [6.45, 7) is 10.8. The number of rotatable bonds is 12. The van der Waals surface area contributed by atoms with Gasteiger partial charge in [0.15, 0.2) is 11.5 Å². The Balaban J connectivity index is 2.05. The van der Waals surface area contributed by atoms with Crippen molar-refractivity contribution in [3.63, 3.8) is 0 Å². The molecule has 0 saturated heterocycles. The third kappa shape index (κ3) is 7.08. The zero-order chi connectivity index (χ0) is 28.4. The molecule has 3 rings (SSSR count). The van der Waals surface area contributed by atoms with Crippen LogP contribution in [0.15, 0.2) is 72.3 Å². The van der Waals surface area contributed by atoms with Gasteiger partial charge in [-0.3, -0.25) is 9.69 Å². The summed E-state index contributed by atoms with van der Waals surface area (Å²) >= 11 is 1.53. The van der Waals surface area contributed by atoms with Gasteiger partial charge in [-0.25, -0.2) is 0 Å². The topological polar surface area (TPSA) is 45.3 Å². The Kier molecular flexibility index (Phi) is 11.2. The van der Waals surface area contributed by atoms with Crippen molar-refractivity contribution in [1.82, 2.24) is 14.1 Å². The van der Waals surface area contributed by atoms with Crippen molar-refractivity contribution in [2.45, 2.75) is 26.3 Å². The van der Waals surface area contributed by atoms with E-state index in [2.05, 4.69) is 46.0 Å². The summed E-state index contributed by atoms with van der Waals surface area (Å²) in [6.07, 6.45) is 11.8. The third-order valence-corrected chi connectivity index (χ3v) is 7.77. The molecule has 0 radical (unpaired) electrons. The number of likely N-dealkylation sites (N-methyl/N-ethyl adjacent to an activating group) is 1. The highest BCUT2D eigenvalue weighted by molar-refractivity contribution is 8.00. The van der Waals surface area contributed by atoms with E-state index in [1.54, 1.807) is 20.3 Å². The van der Waals surface area contributed by atoms with Crippen LogP contribution in [0.3, 0.4) is 0 Å². The maximum absolute atomic E-state index is 13.0. The molecule has 206 valence electrons. The Bertz CT molecular complexity index is 1240. The largest absolute Gasteiger partial charge is 0.493 e. The van der Waals surface area contributed by atoms with Crippen molar-refractivity contribution in [3.05, 3.63) is 94.6 Å². The Labute approximate surface area is 238 Å². The van der Waals surface area contributed by atoms with E-state index < -0.39 is 0 Å². The summed E-state index contributed by atoms with van der Waals surface area (Å²) in [5.41, 5.74) is 5.30. The number of hydrogen-bond donors (Lipinski definition) is 0. The number of amides is 1. The molecule has 1 amide bonds. The predicted octanol–water partition coefficient (Wildman–Crippen LogP) is 5.93. The van der Waals surface area contributed by atoms with E-state index in [0.29, 0.717) is 30.9 Å². The molecule has 1 aliphatic heterocycles. The molecule has 0 spiro atoms. The number of benzene rings is 2. The van der Waals surface area contributed by atoms with Crippen LogP contribution in [0.2, 0.25) is 0 Å². The van der Waals surface area contributed by atoms with E-state index in [1.807, 2.05) is 55.5 Å². The molecule has 0 N–H and O–H groups in total. The molecule has 2 aromatic rings. The molecule has 0 bridgehead atoms. The minimum absolute atomic E-state index is 0.0426. The number of methoxy groups -OCH3 is 2. The molecule has 39 heavy (non-hydrogen) atoms. The quantitative estimate of drug-likeness (QED) is 0.187. The van der Waals surface area contributed by atoms with Crippen molar-refractivity contribution >= 4 is 17.9 Å². The summed E-state index contributed by atoms with van der Waals surface area (Å²) in [7, 11) is 5.35. The molecule has 0 aliphatic carbocycles. The number of carbonyl (C=O) groups excluding carboxylic acids is 1. The van der Waals surface area contributed by atoms with Gasteiger partial charge in [0.05, 0.1) is 20.3 Å². The molecule has 1 atom stereocenters. The van der Waals surface area contributed by atoms with Gasteiger partial charge in [-0.15, -0.1) is 6.42 Å². The van der Waals surface area contributed by atoms with E-state index >= 15 is 0 Å².